The first kappa shape index (κ1) is 8.82. The van der Waals surface area contributed by atoms with Crippen LogP contribution >= 0.6 is 0 Å². The third-order valence-corrected chi connectivity index (χ3v) is 1.78. The Morgan fingerprint density at radius 3 is 2.18 bits per heavy atom. The molecule has 1 aliphatic carbocycles. The molecule has 0 aliphatic heterocycles. The molecule has 2 nitrogen and oxygen atoms in total. The molecule has 1 rings (SSSR count). The Morgan fingerprint density at radius 1 is 1.36 bits per heavy atom. The summed E-state index contributed by atoms with van der Waals surface area (Å²) in [4.78, 5) is 0. The van der Waals surface area contributed by atoms with Crippen molar-refractivity contribution in [3.63, 3.8) is 0 Å². The van der Waals surface area contributed by atoms with Crippen molar-refractivity contribution in [3.8, 4) is 0 Å². The number of hydrogen-bond acceptors (Lipinski definition) is 2. The van der Waals surface area contributed by atoms with Crippen molar-refractivity contribution in [1.82, 2.24) is 0 Å². The third-order valence-electron chi connectivity index (χ3n) is 1.78. The smallest absolute Gasteiger partial charge is 0.408 e. The van der Waals surface area contributed by atoms with Crippen molar-refractivity contribution in [2.75, 3.05) is 13.2 Å². The van der Waals surface area contributed by atoms with Gasteiger partial charge in [-0.15, -0.1) is 0 Å². The lowest BCUT2D eigenvalue weighted by Gasteiger charge is -2.20. The van der Waals surface area contributed by atoms with Crippen molar-refractivity contribution in [3.05, 3.63) is 11.5 Å². The van der Waals surface area contributed by atoms with E-state index in [2.05, 4.69) is 6.08 Å². The first-order chi connectivity index (χ1) is 5.38. The second-order valence-corrected chi connectivity index (χ2v) is 2.56. The maximum absolute atomic E-state index is 5.40. The van der Waals surface area contributed by atoms with Gasteiger partial charge in [-0.3, -0.25) is 0 Å². The molecule has 0 saturated carbocycles. The highest BCUT2D eigenvalue weighted by atomic mass is 16.6. The quantitative estimate of drug-likeness (QED) is 0.562. The minimum Gasteiger partial charge on any atom is -0.408 e. The summed E-state index contributed by atoms with van der Waals surface area (Å²) in [7, 11) is -0.0567. The van der Waals surface area contributed by atoms with E-state index < -0.39 is 0 Å². The monoisotopic (exact) mass is 154 g/mol. The van der Waals surface area contributed by atoms with E-state index >= 15 is 0 Å². The zero-order valence-electron chi connectivity index (χ0n) is 7.30. The zero-order chi connectivity index (χ0) is 8.10. The molecule has 0 atom stereocenters. The highest BCUT2D eigenvalue weighted by Crippen LogP contribution is 2.21. The molecule has 11 heavy (non-hydrogen) atoms. The highest BCUT2D eigenvalue weighted by Gasteiger charge is 2.25. The minimum absolute atomic E-state index is 0.0567. The van der Waals surface area contributed by atoms with Crippen LogP contribution in [-0.2, 0) is 9.31 Å². The summed E-state index contributed by atoms with van der Waals surface area (Å²) in [6, 6.07) is 0. The largest absolute Gasteiger partial charge is 0.489 e. The average Bonchev–Trinajstić information content (AvgIpc) is 1.85. The Labute approximate surface area is 68.7 Å². The van der Waals surface area contributed by atoms with Gasteiger partial charge in [0.05, 0.1) is 0 Å². The van der Waals surface area contributed by atoms with E-state index in [0.29, 0.717) is 0 Å². The summed E-state index contributed by atoms with van der Waals surface area (Å²) in [5.41, 5.74) is 1.31. The fourth-order valence-electron chi connectivity index (χ4n) is 1.09. The molecule has 0 aromatic heterocycles. The van der Waals surface area contributed by atoms with Crippen LogP contribution in [0.25, 0.3) is 0 Å². The van der Waals surface area contributed by atoms with Gasteiger partial charge >= 0.3 is 7.12 Å². The lowest BCUT2D eigenvalue weighted by Crippen LogP contribution is -2.28. The van der Waals surface area contributed by atoms with E-state index in [1.54, 1.807) is 0 Å². The number of allylic oxidation sites excluding steroid dienone is 2. The van der Waals surface area contributed by atoms with Gasteiger partial charge in [0.15, 0.2) is 0 Å². The van der Waals surface area contributed by atoms with Crippen molar-refractivity contribution in [2.45, 2.75) is 26.7 Å². The van der Waals surface area contributed by atoms with E-state index in [4.69, 9.17) is 9.31 Å². The highest BCUT2D eigenvalue weighted by molar-refractivity contribution is 6.54. The topological polar surface area (TPSA) is 18.5 Å². The Morgan fingerprint density at radius 2 is 1.91 bits per heavy atom. The molecule has 0 heterocycles. The molecule has 0 unspecified atom stereocenters. The summed E-state index contributed by atoms with van der Waals surface area (Å²) in [6.45, 7) is 5.43. The lowest BCUT2D eigenvalue weighted by molar-refractivity contribution is 0.219. The Balaban J connectivity index is 2.31. The van der Waals surface area contributed by atoms with Gasteiger partial charge in [-0.1, -0.05) is 6.08 Å². The molecule has 0 N–H and O–H groups in total. The van der Waals surface area contributed by atoms with Gasteiger partial charge in [0.2, 0.25) is 0 Å². The fraction of sp³-hybridized carbons (Fsp3) is 0.750. The second-order valence-electron chi connectivity index (χ2n) is 2.56. The van der Waals surface area contributed by atoms with Gasteiger partial charge in [-0.2, -0.15) is 0 Å². The van der Waals surface area contributed by atoms with Crippen LogP contribution in [0.1, 0.15) is 26.7 Å². The molecule has 0 radical (unpaired) electrons. The van der Waals surface area contributed by atoms with Crippen LogP contribution in [0.2, 0.25) is 0 Å². The molecule has 0 spiro atoms. The van der Waals surface area contributed by atoms with Crippen molar-refractivity contribution >= 4 is 7.12 Å². The predicted octanol–water partition coefficient (Wildman–Crippen LogP) is 1.81. The normalized spacial score (nSPS) is 15.6. The first-order valence-electron chi connectivity index (χ1n) is 4.30. The summed E-state index contributed by atoms with van der Waals surface area (Å²) < 4.78 is 10.8. The molecule has 3 heteroatoms. The van der Waals surface area contributed by atoms with E-state index in [1.165, 1.54) is 11.9 Å². The minimum atomic E-state index is -0.0567. The van der Waals surface area contributed by atoms with E-state index in [1.807, 2.05) is 13.8 Å². The summed E-state index contributed by atoms with van der Waals surface area (Å²) in [5.74, 6) is 0. The molecular weight excluding hydrogens is 139 g/mol. The molecule has 1 aliphatic rings. The van der Waals surface area contributed by atoms with Gasteiger partial charge in [0, 0.05) is 13.2 Å². The summed E-state index contributed by atoms with van der Waals surface area (Å²) in [6.07, 6.45) is 4.52. The lowest BCUT2D eigenvalue weighted by atomic mass is 9.70. The van der Waals surface area contributed by atoms with Crippen LogP contribution in [0.4, 0.5) is 0 Å². The van der Waals surface area contributed by atoms with Gasteiger partial charge < -0.3 is 9.31 Å². The SMILES string of the molecule is CCOB(OCC)C1=CCC1. The summed E-state index contributed by atoms with van der Waals surface area (Å²) >= 11 is 0. The van der Waals surface area contributed by atoms with Crippen LogP contribution in [0.3, 0.4) is 0 Å². The zero-order valence-corrected chi connectivity index (χ0v) is 7.30. The standard InChI is InChI=1S/C8H15BO2/c1-3-10-9(11-4-2)8-6-5-7-8/h6H,3-5,7H2,1-2H3. The molecule has 62 valence electrons. The number of hydrogen-bond donors (Lipinski definition) is 0. The molecule has 0 aromatic carbocycles. The molecule has 0 amide bonds. The second kappa shape index (κ2) is 4.57. The van der Waals surface area contributed by atoms with Crippen LogP contribution in [-0.4, -0.2) is 20.3 Å². The van der Waals surface area contributed by atoms with Crippen LogP contribution < -0.4 is 0 Å². The van der Waals surface area contributed by atoms with Gasteiger partial charge in [0.1, 0.15) is 0 Å². The van der Waals surface area contributed by atoms with E-state index in [0.717, 1.165) is 19.6 Å². The number of rotatable bonds is 5. The average molecular weight is 154 g/mol. The Bertz CT molecular complexity index is 139. The Hall–Kier alpha value is -0.275. The van der Waals surface area contributed by atoms with Crippen molar-refractivity contribution < 1.29 is 9.31 Å². The fourth-order valence-corrected chi connectivity index (χ4v) is 1.09. The maximum atomic E-state index is 5.40. The molecular formula is C8H15BO2. The van der Waals surface area contributed by atoms with Gasteiger partial charge in [-0.25, -0.2) is 0 Å². The van der Waals surface area contributed by atoms with Gasteiger partial charge in [-0.05, 0) is 32.2 Å². The Kier molecular flexibility index (Phi) is 3.67. The van der Waals surface area contributed by atoms with Crippen molar-refractivity contribution in [2.24, 2.45) is 0 Å². The van der Waals surface area contributed by atoms with Crippen LogP contribution in [0.5, 0.6) is 0 Å². The molecule has 0 bridgehead atoms. The van der Waals surface area contributed by atoms with Gasteiger partial charge in [0.25, 0.3) is 0 Å². The van der Waals surface area contributed by atoms with E-state index in [-0.39, 0.29) is 7.12 Å². The van der Waals surface area contributed by atoms with E-state index in [9.17, 15) is 0 Å². The molecule has 0 fully saturated rings. The molecule has 0 saturated heterocycles. The first-order valence-corrected chi connectivity index (χ1v) is 4.30. The predicted molar refractivity (Wildman–Crippen MR) is 46.3 cm³/mol. The van der Waals surface area contributed by atoms with Crippen LogP contribution in [0, 0.1) is 0 Å². The maximum Gasteiger partial charge on any atom is 0.489 e. The molecule has 0 aromatic rings. The third kappa shape index (κ3) is 2.35. The van der Waals surface area contributed by atoms with Crippen molar-refractivity contribution in [1.29, 1.82) is 0 Å². The summed E-state index contributed by atoms with van der Waals surface area (Å²) in [5, 5.41) is 0. The van der Waals surface area contributed by atoms with Crippen LogP contribution in [0.15, 0.2) is 11.5 Å².